The molecular weight excluding hydrogens is 386 g/mol. The first-order chi connectivity index (χ1) is 13.0. The molecule has 0 aliphatic carbocycles. The Kier molecular flexibility index (Phi) is 7.91. The molecule has 2 aliphatic rings. The fraction of sp³-hybridized carbons (Fsp3) is 0.579. The Morgan fingerprint density at radius 3 is 2.39 bits per heavy atom. The van der Waals surface area contributed by atoms with E-state index in [0.29, 0.717) is 56.4 Å². The molecule has 2 amide bonds. The number of halogens is 1. The molecule has 1 aromatic carbocycles. The second kappa shape index (κ2) is 9.95. The van der Waals surface area contributed by atoms with Crippen LogP contribution in [0.15, 0.2) is 18.2 Å². The van der Waals surface area contributed by atoms with Gasteiger partial charge in [0.25, 0.3) is 5.91 Å². The molecule has 156 valence electrons. The number of hydrogen-bond acceptors (Lipinski definition) is 6. The number of benzene rings is 1. The molecule has 2 aliphatic heterocycles. The van der Waals surface area contributed by atoms with Crippen LogP contribution >= 0.6 is 12.4 Å². The number of rotatable bonds is 4. The normalized spacial score (nSPS) is 22.2. The quantitative estimate of drug-likeness (QED) is 0.786. The van der Waals surface area contributed by atoms with E-state index in [2.05, 4.69) is 5.32 Å². The minimum Gasteiger partial charge on any atom is -0.497 e. The number of methoxy groups -OCH3 is 2. The molecule has 28 heavy (non-hydrogen) atoms. The number of hydrogen-bond donors (Lipinski definition) is 1. The summed E-state index contributed by atoms with van der Waals surface area (Å²) >= 11 is 0. The number of nitrogens with zero attached hydrogens (tertiary/aromatic N) is 2. The summed E-state index contributed by atoms with van der Waals surface area (Å²) in [6.07, 6.45) is -0.144. The van der Waals surface area contributed by atoms with Crippen molar-refractivity contribution in [3.63, 3.8) is 0 Å². The minimum absolute atomic E-state index is 0. The highest BCUT2D eigenvalue weighted by Gasteiger charge is 2.34. The zero-order valence-electron chi connectivity index (χ0n) is 16.5. The molecule has 0 radical (unpaired) electrons. The van der Waals surface area contributed by atoms with Crippen LogP contribution in [0.3, 0.4) is 0 Å². The molecule has 0 saturated carbocycles. The summed E-state index contributed by atoms with van der Waals surface area (Å²) < 4.78 is 16.1. The summed E-state index contributed by atoms with van der Waals surface area (Å²) in [5, 5.41) is 3.23. The number of carbonyl (C=O) groups excluding carboxylic acids is 2. The number of morpholine rings is 1. The second-order valence-corrected chi connectivity index (χ2v) is 6.69. The molecule has 0 aromatic heterocycles. The first-order valence-electron chi connectivity index (χ1n) is 9.20. The van der Waals surface area contributed by atoms with Crippen LogP contribution in [-0.4, -0.2) is 87.3 Å². The van der Waals surface area contributed by atoms with Gasteiger partial charge in [0.05, 0.1) is 32.5 Å². The van der Waals surface area contributed by atoms with Crippen molar-refractivity contribution in [2.24, 2.45) is 0 Å². The van der Waals surface area contributed by atoms with Crippen LogP contribution in [0.25, 0.3) is 0 Å². The van der Waals surface area contributed by atoms with Gasteiger partial charge in [-0.15, -0.1) is 12.4 Å². The van der Waals surface area contributed by atoms with Gasteiger partial charge >= 0.3 is 0 Å². The summed E-state index contributed by atoms with van der Waals surface area (Å²) in [5.74, 6) is 1.05. The third-order valence-corrected chi connectivity index (χ3v) is 5.10. The molecule has 2 heterocycles. The maximum absolute atomic E-state index is 12.9. The maximum Gasteiger partial charge on any atom is 0.257 e. The fourth-order valence-electron chi connectivity index (χ4n) is 3.48. The topological polar surface area (TPSA) is 80.3 Å². The van der Waals surface area contributed by atoms with Gasteiger partial charge in [-0.25, -0.2) is 0 Å². The SMILES string of the molecule is COc1ccc(C(=O)N2CCN(C(=O)[C@H]3NCCO[C@@H]3C)CC2)c(OC)c1.Cl. The van der Waals surface area contributed by atoms with E-state index in [4.69, 9.17) is 14.2 Å². The van der Waals surface area contributed by atoms with Crippen molar-refractivity contribution < 1.29 is 23.8 Å². The lowest BCUT2D eigenvalue weighted by molar-refractivity contribution is -0.140. The first kappa shape index (κ1) is 22.3. The van der Waals surface area contributed by atoms with E-state index in [1.54, 1.807) is 35.1 Å². The molecular formula is C19H28ClN3O5. The van der Waals surface area contributed by atoms with Gasteiger partial charge in [-0.3, -0.25) is 9.59 Å². The summed E-state index contributed by atoms with van der Waals surface area (Å²) in [4.78, 5) is 29.2. The van der Waals surface area contributed by atoms with Crippen LogP contribution in [0.4, 0.5) is 0 Å². The highest BCUT2D eigenvalue weighted by atomic mass is 35.5. The molecule has 9 heteroatoms. The summed E-state index contributed by atoms with van der Waals surface area (Å²) in [6, 6.07) is 4.83. The lowest BCUT2D eigenvalue weighted by atomic mass is 10.1. The van der Waals surface area contributed by atoms with Crippen molar-refractivity contribution in [1.29, 1.82) is 0 Å². The Bertz CT molecular complexity index is 694. The third kappa shape index (κ3) is 4.68. The van der Waals surface area contributed by atoms with E-state index in [9.17, 15) is 9.59 Å². The number of carbonyl (C=O) groups is 2. The Balaban J connectivity index is 0.00000280. The monoisotopic (exact) mass is 413 g/mol. The fourth-order valence-corrected chi connectivity index (χ4v) is 3.48. The average Bonchev–Trinajstić information content (AvgIpc) is 2.72. The predicted octanol–water partition coefficient (Wildman–Crippen LogP) is 0.787. The zero-order valence-corrected chi connectivity index (χ0v) is 17.3. The van der Waals surface area contributed by atoms with E-state index < -0.39 is 0 Å². The Morgan fingerprint density at radius 1 is 1.11 bits per heavy atom. The molecule has 2 atom stereocenters. The summed E-state index contributed by atoms with van der Waals surface area (Å²) in [5.41, 5.74) is 0.494. The first-order valence-corrected chi connectivity index (χ1v) is 9.20. The second-order valence-electron chi connectivity index (χ2n) is 6.69. The molecule has 1 aromatic rings. The van der Waals surface area contributed by atoms with Gasteiger partial charge in [-0.05, 0) is 19.1 Å². The average molecular weight is 414 g/mol. The molecule has 2 saturated heterocycles. The van der Waals surface area contributed by atoms with Gasteiger partial charge in [-0.1, -0.05) is 0 Å². The van der Waals surface area contributed by atoms with E-state index in [1.165, 1.54) is 7.11 Å². The molecule has 1 N–H and O–H groups in total. The van der Waals surface area contributed by atoms with Gasteiger partial charge < -0.3 is 29.3 Å². The highest BCUT2D eigenvalue weighted by Crippen LogP contribution is 2.26. The Hall–Kier alpha value is -2.03. The van der Waals surface area contributed by atoms with Crippen molar-refractivity contribution in [2.45, 2.75) is 19.1 Å². The molecule has 3 rings (SSSR count). The van der Waals surface area contributed by atoms with Crippen molar-refractivity contribution in [3.8, 4) is 11.5 Å². The number of nitrogens with one attached hydrogen (secondary N) is 1. The Labute approximate surface area is 171 Å². The van der Waals surface area contributed by atoms with E-state index in [1.807, 2.05) is 6.92 Å². The van der Waals surface area contributed by atoms with Crippen molar-refractivity contribution in [2.75, 3.05) is 53.6 Å². The zero-order chi connectivity index (χ0) is 19.4. The van der Waals surface area contributed by atoms with Gasteiger partial charge in [0.2, 0.25) is 5.91 Å². The van der Waals surface area contributed by atoms with E-state index in [-0.39, 0.29) is 36.4 Å². The van der Waals surface area contributed by atoms with Gasteiger partial charge in [-0.2, -0.15) is 0 Å². The van der Waals surface area contributed by atoms with Crippen LogP contribution in [-0.2, 0) is 9.53 Å². The predicted molar refractivity (Wildman–Crippen MR) is 106 cm³/mol. The lowest BCUT2D eigenvalue weighted by Crippen LogP contribution is -2.60. The largest absolute Gasteiger partial charge is 0.497 e. The smallest absolute Gasteiger partial charge is 0.257 e. The highest BCUT2D eigenvalue weighted by molar-refractivity contribution is 5.97. The van der Waals surface area contributed by atoms with Crippen LogP contribution in [0, 0.1) is 0 Å². The summed E-state index contributed by atoms with van der Waals surface area (Å²) in [6.45, 7) is 5.20. The standard InChI is InChI=1S/C19H27N3O5.ClH/c1-13-17(20-6-11-27-13)19(24)22-9-7-21(8-10-22)18(23)15-5-4-14(25-2)12-16(15)26-3;/h4-5,12-13,17,20H,6-11H2,1-3H3;1H/t13-,17+;/m1./s1. The number of piperazine rings is 1. The van der Waals surface area contributed by atoms with E-state index in [0.717, 1.165) is 0 Å². The third-order valence-electron chi connectivity index (χ3n) is 5.10. The van der Waals surface area contributed by atoms with Crippen LogP contribution < -0.4 is 14.8 Å². The lowest BCUT2D eigenvalue weighted by Gasteiger charge is -2.38. The molecule has 0 spiro atoms. The van der Waals surface area contributed by atoms with Crippen LogP contribution in [0.1, 0.15) is 17.3 Å². The number of amides is 2. The van der Waals surface area contributed by atoms with Crippen molar-refractivity contribution in [3.05, 3.63) is 23.8 Å². The van der Waals surface area contributed by atoms with E-state index >= 15 is 0 Å². The van der Waals surface area contributed by atoms with Gasteiger partial charge in [0.1, 0.15) is 17.5 Å². The molecule has 8 nitrogen and oxygen atoms in total. The van der Waals surface area contributed by atoms with Crippen LogP contribution in [0.5, 0.6) is 11.5 Å². The maximum atomic E-state index is 12.9. The molecule has 0 bridgehead atoms. The minimum atomic E-state index is -0.317. The number of ether oxygens (including phenoxy) is 3. The van der Waals surface area contributed by atoms with Gasteiger partial charge in [0, 0.05) is 38.8 Å². The molecule has 2 fully saturated rings. The van der Waals surface area contributed by atoms with Crippen molar-refractivity contribution >= 4 is 24.2 Å². The Morgan fingerprint density at radius 2 is 1.79 bits per heavy atom. The molecule has 0 unspecified atom stereocenters. The summed E-state index contributed by atoms with van der Waals surface area (Å²) in [7, 11) is 3.10. The van der Waals surface area contributed by atoms with Crippen molar-refractivity contribution in [1.82, 2.24) is 15.1 Å². The van der Waals surface area contributed by atoms with Gasteiger partial charge in [0.15, 0.2) is 0 Å². The van der Waals surface area contributed by atoms with Crippen LogP contribution in [0.2, 0.25) is 0 Å².